The summed E-state index contributed by atoms with van der Waals surface area (Å²) in [6, 6.07) is 12.4. The zero-order valence-electron chi connectivity index (χ0n) is 13.2. The fourth-order valence-electron chi connectivity index (χ4n) is 2.71. The molecule has 0 aliphatic rings. The zero-order chi connectivity index (χ0) is 18.3. The fraction of sp³-hybridized carbons (Fsp3) is 0.0556. The number of rotatable bonds is 3. The topological polar surface area (TPSA) is 64.0 Å². The molecule has 0 aliphatic heterocycles. The van der Waals surface area contributed by atoms with Crippen LogP contribution in [0.4, 0.5) is 5.69 Å². The predicted molar refractivity (Wildman–Crippen MR) is 106 cm³/mol. The lowest BCUT2D eigenvalue weighted by Crippen LogP contribution is -2.27. The summed E-state index contributed by atoms with van der Waals surface area (Å²) >= 11 is 13.2. The van der Waals surface area contributed by atoms with Crippen LogP contribution in [0, 0.1) is 0 Å². The summed E-state index contributed by atoms with van der Waals surface area (Å²) in [6.45, 7) is -0.153. The number of anilines is 1. The van der Waals surface area contributed by atoms with Crippen LogP contribution in [-0.4, -0.2) is 15.5 Å². The number of hydrogen-bond donors (Lipinski definition) is 1. The van der Waals surface area contributed by atoms with Crippen LogP contribution in [0.25, 0.3) is 20.3 Å². The second-order valence-corrected chi connectivity index (χ2v) is 7.58. The van der Waals surface area contributed by atoms with Gasteiger partial charge in [-0.25, -0.2) is 4.98 Å². The van der Waals surface area contributed by atoms with Crippen LogP contribution >= 0.6 is 34.5 Å². The third-order valence-electron chi connectivity index (χ3n) is 3.81. The molecule has 8 heteroatoms. The Kier molecular flexibility index (Phi) is 4.40. The van der Waals surface area contributed by atoms with Crippen molar-refractivity contribution in [2.75, 3.05) is 5.32 Å². The van der Waals surface area contributed by atoms with Crippen LogP contribution in [0.2, 0.25) is 10.0 Å². The van der Waals surface area contributed by atoms with E-state index in [4.69, 9.17) is 23.2 Å². The van der Waals surface area contributed by atoms with Gasteiger partial charge >= 0.3 is 0 Å². The standard InChI is InChI=1S/C18H11Cl2N3O2S/c19-10-5-11(20)7-12(6-10)22-15(24)8-23-9-21-16-13-3-1-2-4-14(13)26-17(16)18(23)25/h1-7,9H,8H2,(H,22,24). The van der Waals surface area contributed by atoms with Crippen molar-refractivity contribution < 1.29 is 4.79 Å². The van der Waals surface area contributed by atoms with Crippen molar-refractivity contribution in [2.24, 2.45) is 0 Å². The molecule has 0 aliphatic carbocycles. The maximum atomic E-state index is 12.7. The molecule has 2 aromatic heterocycles. The lowest BCUT2D eigenvalue weighted by Gasteiger charge is -2.08. The van der Waals surface area contributed by atoms with Crippen LogP contribution in [0.1, 0.15) is 0 Å². The molecule has 0 bridgehead atoms. The summed E-state index contributed by atoms with van der Waals surface area (Å²) in [6.07, 6.45) is 1.40. The van der Waals surface area contributed by atoms with Gasteiger partial charge in [0.2, 0.25) is 5.91 Å². The lowest BCUT2D eigenvalue weighted by molar-refractivity contribution is -0.116. The number of benzene rings is 2. The second-order valence-electron chi connectivity index (χ2n) is 5.66. The van der Waals surface area contributed by atoms with Gasteiger partial charge in [-0.1, -0.05) is 41.4 Å². The number of amides is 1. The largest absolute Gasteiger partial charge is 0.324 e. The highest BCUT2D eigenvalue weighted by atomic mass is 35.5. The third-order valence-corrected chi connectivity index (χ3v) is 5.40. The van der Waals surface area contributed by atoms with E-state index in [0.29, 0.717) is 25.9 Å². The molecule has 0 spiro atoms. The molecule has 26 heavy (non-hydrogen) atoms. The molecule has 0 unspecified atom stereocenters. The smallest absolute Gasteiger partial charge is 0.271 e. The highest BCUT2D eigenvalue weighted by Crippen LogP contribution is 2.29. The molecule has 1 amide bonds. The van der Waals surface area contributed by atoms with E-state index in [2.05, 4.69) is 10.3 Å². The average Bonchev–Trinajstić information content (AvgIpc) is 2.96. The quantitative estimate of drug-likeness (QED) is 0.545. The molecule has 1 N–H and O–H groups in total. The zero-order valence-corrected chi connectivity index (χ0v) is 15.5. The van der Waals surface area contributed by atoms with E-state index in [1.165, 1.54) is 22.2 Å². The SMILES string of the molecule is O=C(Cn1cnc2c(sc3ccccc32)c1=O)Nc1cc(Cl)cc(Cl)c1. The molecule has 4 aromatic rings. The van der Waals surface area contributed by atoms with Crippen LogP contribution in [0.15, 0.2) is 53.6 Å². The minimum atomic E-state index is -0.368. The minimum Gasteiger partial charge on any atom is -0.324 e. The summed E-state index contributed by atoms with van der Waals surface area (Å²) < 4.78 is 2.81. The highest BCUT2D eigenvalue weighted by molar-refractivity contribution is 7.25. The van der Waals surface area contributed by atoms with Crippen LogP contribution in [-0.2, 0) is 11.3 Å². The first kappa shape index (κ1) is 17.0. The van der Waals surface area contributed by atoms with Gasteiger partial charge in [0, 0.05) is 25.8 Å². The van der Waals surface area contributed by atoms with Crippen molar-refractivity contribution in [2.45, 2.75) is 6.54 Å². The monoisotopic (exact) mass is 403 g/mol. The van der Waals surface area contributed by atoms with E-state index in [0.717, 1.165) is 10.1 Å². The first-order valence-corrected chi connectivity index (χ1v) is 9.21. The van der Waals surface area contributed by atoms with E-state index in [-0.39, 0.29) is 18.0 Å². The number of carbonyl (C=O) groups excluding carboxylic acids is 1. The number of aromatic nitrogens is 2. The van der Waals surface area contributed by atoms with Gasteiger partial charge in [-0.2, -0.15) is 0 Å². The van der Waals surface area contributed by atoms with Gasteiger partial charge in [0.25, 0.3) is 5.56 Å². The number of nitrogens with one attached hydrogen (secondary N) is 1. The first-order chi connectivity index (χ1) is 12.5. The number of thiophene rings is 1. The second kappa shape index (κ2) is 6.72. The Morgan fingerprint density at radius 1 is 1.15 bits per heavy atom. The number of nitrogens with zero attached hydrogens (tertiary/aromatic N) is 2. The van der Waals surface area contributed by atoms with E-state index in [1.807, 2.05) is 24.3 Å². The van der Waals surface area contributed by atoms with Crippen LogP contribution in [0.3, 0.4) is 0 Å². The fourth-order valence-corrected chi connectivity index (χ4v) is 4.34. The van der Waals surface area contributed by atoms with Crippen molar-refractivity contribution in [1.82, 2.24) is 9.55 Å². The molecule has 130 valence electrons. The molecule has 0 saturated heterocycles. The molecule has 0 saturated carbocycles. The van der Waals surface area contributed by atoms with Crippen LogP contribution < -0.4 is 10.9 Å². The molecule has 4 rings (SSSR count). The number of halogens is 2. The molecule has 2 heterocycles. The summed E-state index contributed by atoms with van der Waals surface area (Å²) in [7, 11) is 0. The summed E-state index contributed by atoms with van der Waals surface area (Å²) in [5.74, 6) is -0.368. The lowest BCUT2D eigenvalue weighted by atomic mass is 10.2. The molecule has 0 fully saturated rings. The molecule has 0 radical (unpaired) electrons. The Hall–Kier alpha value is -2.41. The Bertz CT molecular complexity index is 1200. The van der Waals surface area contributed by atoms with Gasteiger partial charge in [-0.15, -0.1) is 11.3 Å². The van der Waals surface area contributed by atoms with Crippen molar-refractivity contribution in [3.05, 3.63) is 69.2 Å². The molecular formula is C18H11Cl2N3O2S. The van der Waals surface area contributed by atoms with Crippen LogP contribution in [0.5, 0.6) is 0 Å². The highest BCUT2D eigenvalue weighted by Gasteiger charge is 2.13. The molecule has 2 aromatic carbocycles. The minimum absolute atomic E-state index is 0.153. The first-order valence-electron chi connectivity index (χ1n) is 7.64. The van der Waals surface area contributed by atoms with Crippen molar-refractivity contribution in [3.63, 3.8) is 0 Å². The van der Waals surface area contributed by atoms with Gasteiger partial charge in [0.15, 0.2) is 0 Å². The van der Waals surface area contributed by atoms with Gasteiger partial charge in [0.05, 0.1) is 11.8 Å². The normalized spacial score (nSPS) is 11.2. The van der Waals surface area contributed by atoms with Crippen molar-refractivity contribution in [1.29, 1.82) is 0 Å². The van der Waals surface area contributed by atoms with E-state index < -0.39 is 0 Å². The van der Waals surface area contributed by atoms with E-state index in [9.17, 15) is 9.59 Å². The summed E-state index contributed by atoms with van der Waals surface area (Å²) in [5.41, 5.74) is 0.890. The Labute approximate surface area is 161 Å². The number of carbonyl (C=O) groups is 1. The van der Waals surface area contributed by atoms with Gasteiger partial charge in [0.1, 0.15) is 11.2 Å². The maximum absolute atomic E-state index is 12.7. The predicted octanol–water partition coefficient (Wildman–Crippen LogP) is 4.56. The third kappa shape index (κ3) is 3.19. The van der Waals surface area contributed by atoms with E-state index in [1.54, 1.807) is 18.2 Å². The number of fused-ring (bicyclic) bond motifs is 3. The maximum Gasteiger partial charge on any atom is 0.271 e. The molecule has 5 nitrogen and oxygen atoms in total. The number of hydrogen-bond acceptors (Lipinski definition) is 4. The van der Waals surface area contributed by atoms with Crippen molar-refractivity contribution in [3.8, 4) is 0 Å². The Morgan fingerprint density at radius 3 is 2.65 bits per heavy atom. The van der Waals surface area contributed by atoms with Crippen molar-refractivity contribution >= 4 is 66.4 Å². The van der Waals surface area contributed by atoms with Gasteiger partial charge in [-0.3, -0.25) is 14.2 Å². The van der Waals surface area contributed by atoms with Gasteiger partial charge < -0.3 is 5.32 Å². The summed E-state index contributed by atoms with van der Waals surface area (Å²) in [5, 5.41) is 4.45. The average molecular weight is 404 g/mol. The Morgan fingerprint density at radius 2 is 1.88 bits per heavy atom. The van der Waals surface area contributed by atoms with Gasteiger partial charge in [-0.05, 0) is 24.3 Å². The molecule has 0 atom stereocenters. The Balaban J connectivity index is 1.64. The molecular weight excluding hydrogens is 393 g/mol. The van der Waals surface area contributed by atoms with E-state index >= 15 is 0 Å². The summed E-state index contributed by atoms with van der Waals surface area (Å²) in [4.78, 5) is 29.4.